The van der Waals surface area contributed by atoms with Gasteiger partial charge in [0.1, 0.15) is 11.3 Å². The number of halogens is 3. The predicted molar refractivity (Wildman–Crippen MR) is 132 cm³/mol. The molecule has 0 bridgehead atoms. The minimum atomic E-state index is -0.847. The molecule has 9 nitrogen and oxygen atoms in total. The van der Waals surface area contributed by atoms with Crippen molar-refractivity contribution in [2.45, 2.75) is 69.6 Å². The lowest BCUT2D eigenvalue weighted by molar-refractivity contribution is -0.122. The van der Waals surface area contributed by atoms with Crippen molar-refractivity contribution in [2.75, 3.05) is 10.6 Å². The van der Waals surface area contributed by atoms with E-state index in [2.05, 4.69) is 20.6 Å². The third-order valence-corrected chi connectivity index (χ3v) is 7.42. The van der Waals surface area contributed by atoms with Gasteiger partial charge in [0.15, 0.2) is 11.5 Å². The van der Waals surface area contributed by atoms with Gasteiger partial charge in [-0.15, -0.1) is 0 Å². The maximum atomic E-state index is 14.6. The molecule has 2 aliphatic rings. The molecule has 5 N–H and O–H groups in total. The summed E-state index contributed by atoms with van der Waals surface area (Å²) >= 11 is 6.13. The van der Waals surface area contributed by atoms with Gasteiger partial charge in [0.05, 0.1) is 23.0 Å². The molecule has 0 aliphatic heterocycles. The van der Waals surface area contributed by atoms with Crippen LogP contribution in [0.2, 0.25) is 5.02 Å². The average molecular weight is 520 g/mol. The smallest absolute Gasteiger partial charge is 0.224 e. The van der Waals surface area contributed by atoms with Gasteiger partial charge in [0.2, 0.25) is 17.8 Å². The number of carbonyl (C=O) groups excluding carboxylic acids is 1. The molecule has 2 atom stereocenters. The van der Waals surface area contributed by atoms with E-state index < -0.39 is 11.6 Å². The minimum absolute atomic E-state index is 0.0540. The molecule has 0 radical (unpaired) electrons. The Morgan fingerprint density at radius 2 is 1.92 bits per heavy atom. The summed E-state index contributed by atoms with van der Waals surface area (Å²) in [6.07, 6.45) is 6.99. The maximum absolute atomic E-state index is 14.6. The van der Waals surface area contributed by atoms with E-state index in [9.17, 15) is 18.7 Å². The Hall–Kier alpha value is -3.05. The van der Waals surface area contributed by atoms with Gasteiger partial charge >= 0.3 is 0 Å². The largest absolute Gasteiger partial charge is 0.393 e. The number of anilines is 3. The summed E-state index contributed by atoms with van der Waals surface area (Å²) in [4.78, 5) is 25.4. The molecule has 1 amide bonds. The molecule has 0 saturated heterocycles. The van der Waals surface area contributed by atoms with E-state index in [0.29, 0.717) is 55.2 Å². The number of rotatable bonds is 6. The zero-order valence-electron chi connectivity index (χ0n) is 19.6. The van der Waals surface area contributed by atoms with Gasteiger partial charge in [-0.25, -0.2) is 18.7 Å². The molecule has 2 heterocycles. The molecular weight excluding hydrogens is 492 g/mol. The molecule has 2 aromatic heterocycles. The molecular formula is C24H28ClF2N7O2. The highest BCUT2D eigenvalue weighted by molar-refractivity contribution is 6.33. The molecule has 2 saturated carbocycles. The Labute approximate surface area is 211 Å². The second kappa shape index (κ2) is 10.1. The van der Waals surface area contributed by atoms with E-state index in [-0.39, 0.29) is 40.7 Å². The second-order valence-electron chi connectivity index (χ2n) is 9.65. The van der Waals surface area contributed by atoms with Crippen molar-refractivity contribution in [2.24, 2.45) is 11.7 Å². The number of nitrogens with two attached hydrogens (primary N) is 1. The standard InChI is InChI=1S/C24H28ClF2N7O2/c25-17-8-13(26)9-18(27)20(17)32-24-31-19-11-29-23(30-14-2-1-3-16(35)10-14)33-22(19)34(24)15-6-4-12(5-7-15)21(28)36/h8-9,11-12,14-16,35H,1-7,10H2,(H2,28,36)(H,31,32)(H,29,30,33)/t12-,14?,15+,16-/m1/s1. The zero-order chi connectivity index (χ0) is 25.4. The Morgan fingerprint density at radius 1 is 1.14 bits per heavy atom. The number of aromatic nitrogens is 4. The summed E-state index contributed by atoms with van der Waals surface area (Å²) in [7, 11) is 0. The number of primary amides is 1. The average Bonchev–Trinajstić information content (AvgIpc) is 3.18. The number of amides is 1. The molecule has 0 spiro atoms. The van der Waals surface area contributed by atoms with Gasteiger partial charge in [0, 0.05) is 24.1 Å². The summed E-state index contributed by atoms with van der Waals surface area (Å²) in [5, 5.41) is 16.1. The van der Waals surface area contributed by atoms with Crippen LogP contribution in [-0.2, 0) is 4.79 Å². The normalized spacial score (nSPS) is 24.6. The predicted octanol–water partition coefficient (Wildman–Crippen LogP) is 4.43. The van der Waals surface area contributed by atoms with Crippen molar-refractivity contribution in [3.05, 3.63) is 35.0 Å². The first-order valence-electron chi connectivity index (χ1n) is 12.2. The van der Waals surface area contributed by atoms with Crippen molar-refractivity contribution in [3.8, 4) is 0 Å². The Bertz CT molecular complexity index is 1260. The van der Waals surface area contributed by atoms with Crippen molar-refractivity contribution in [1.29, 1.82) is 0 Å². The lowest BCUT2D eigenvalue weighted by Crippen LogP contribution is -2.30. The topological polar surface area (TPSA) is 131 Å². The highest BCUT2D eigenvalue weighted by Crippen LogP contribution is 2.38. The lowest BCUT2D eigenvalue weighted by Gasteiger charge is -2.29. The third kappa shape index (κ3) is 5.08. The first-order chi connectivity index (χ1) is 17.3. The van der Waals surface area contributed by atoms with Crippen LogP contribution in [0.5, 0.6) is 0 Å². The lowest BCUT2D eigenvalue weighted by atomic mass is 9.85. The van der Waals surface area contributed by atoms with Crippen LogP contribution in [-0.4, -0.2) is 42.7 Å². The number of benzene rings is 1. The third-order valence-electron chi connectivity index (χ3n) is 7.12. The van der Waals surface area contributed by atoms with Gasteiger partial charge < -0.3 is 21.5 Å². The van der Waals surface area contributed by atoms with Gasteiger partial charge in [-0.3, -0.25) is 9.36 Å². The molecule has 1 aromatic carbocycles. The van der Waals surface area contributed by atoms with Crippen LogP contribution in [0.25, 0.3) is 11.2 Å². The molecule has 12 heteroatoms. The van der Waals surface area contributed by atoms with Gasteiger partial charge in [-0.1, -0.05) is 11.6 Å². The fourth-order valence-electron chi connectivity index (χ4n) is 5.26. The fraction of sp³-hybridized carbons (Fsp3) is 0.500. The number of nitrogens with one attached hydrogen (secondary N) is 2. The molecule has 1 unspecified atom stereocenters. The van der Waals surface area contributed by atoms with E-state index in [4.69, 9.17) is 22.3 Å². The number of hydrogen-bond donors (Lipinski definition) is 4. The van der Waals surface area contributed by atoms with Crippen LogP contribution in [0.4, 0.5) is 26.4 Å². The second-order valence-corrected chi connectivity index (χ2v) is 10.1. The van der Waals surface area contributed by atoms with E-state index >= 15 is 0 Å². The Balaban J connectivity index is 1.51. The first-order valence-corrected chi connectivity index (χ1v) is 12.6. The quantitative estimate of drug-likeness (QED) is 0.379. The highest BCUT2D eigenvalue weighted by atomic mass is 35.5. The number of nitrogens with zero attached hydrogens (tertiary/aromatic N) is 4. The van der Waals surface area contributed by atoms with Gasteiger partial charge in [0.25, 0.3) is 0 Å². The zero-order valence-corrected chi connectivity index (χ0v) is 20.3. The minimum Gasteiger partial charge on any atom is -0.393 e. The van der Waals surface area contributed by atoms with Crippen molar-refractivity contribution < 1.29 is 18.7 Å². The number of aliphatic hydroxyl groups is 1. The number of hydrogen-bond acceptors (Lipinski definition) is 7. The van der Waals surface area contributed by atoms with Gasteiger partial charge in [-0.05, 0) is 57.4 Å². The Kier molecular flexibility index (Phi) is 6.94. The van der Waals surface area contributed by atoms with Crippen LogP contribution in [0.1, 0.15) is 57.4 Å². The molecule has 2 aliphatic carbocycles. The number of aliphatic hydroxyl groups excluding tert-OH is 1. The fourth-order valence-corrected chi connectivity index (χ4v) is 5.51. The number of fused-ring (bicyclic) bond motifs is 1. The van der Waals surface area contributed by atoms with Crippen molar-refractivity contribution in [1.82, 2.24) is 19.5 Å². The van der Waals surface area contributed by atoms with E-state index in [1.165, 1.54) is 0 Å². The molecule has 192 valence electrons. The van der Waals surface area contributed by atoms with E-state index in [1.54, 1.807) is 6.20 Å². The number of imidazole rings is 1. The SMILES string of the molecule is NC(=O)[C@H]1CC[C@@H](n2c(Nc3c(F)cc(F)cc3Cl)nc3cnc(NC4CCC[C@@H](O)C4)nc32)CC1. The first kappa shape index (κ1) is 24.6. The van der Waals surface area contributed by atoms with Crippen LogP contribution in [0.3, 0.4) is 0 Å². The molecule has 3 aromatic rings. The van der Waals surface area contributed by atoms with Crippen LogP contribution < -0.4 is 16.4 Å². The summed E-state index contributed by atoms with van der Waals surface area (Å²) < 4.78 is 30.1. The molecule has 36 heavy (non-hydrogen) atoms. The summed E-state index contributed by atoms with van der Waals surface area (Å²) in [6.45, 7) is 0. The molecule has 5 rings (SSSR count). The van der Waals surface area contributed by atoms with E-state index in [0.717, 1.165) is 31.4 Å². The van der Waals surface area contributed by atoms with Crippen molar-refractivity contribution >= 4 is 46.3 Å². The van der Waals surface area contributed by atoms with Crippen LogP contribution in [0, 0.1) is 17.6 Å². The van der Waals surface area contributed by atoms with Gasteiger partial charge in [-0.2, -0.15) is 4.98 Å². The monoisotopic (exact) mass is 519 g/mol. The summed E-state index contributed by atoms with van der Waals surface area (Å²) in [5.74, 6) is -1.44. The number of carbonyl (C=O) groups is 1. The van der Waals surface area contributed by atoms with E-state index in [1.807, 2.05) is 4.57 Å². The Morgan fingerprint density at radius 3 is 2.61 bits per heavy atom. The van der Waals surface area contributed by atoms with Crippen molar-refractivity contribution in [3.63, 3.8) is 0 Å². The summed E-state index contributed by atoms with van der Waals surface area (Å²) in [6, 6.07) is 1.74. The van der Waals surface area contributed by atoms with Crippen LogP contribution in [0.15, 0.2) is 18.3 Å². The summed E-state index contributed by atoms with van der Waals surface area (Å²) in [5.41, 5.74) is 6.44. The maximum Gasteiger partial charge on any atom is 0.224 e. The highest BCUT2D eigenvalue weighted by Gasteiger charge is 2.30. The van der Waals surface area contributed by atoms with Crippen LogP contribution >= 0.6 is 11.6 Å². The molecule has 2 fully saturated rings.